The zero-order chi connectivity index (χ0) is 24.6. The van der Waals surface area contributed by atoms with Gasteiger partial charge in [-0.15, -0.1) is 0 Å². The Kier molecular flexibility index (Phi) is 5.89. The van der Waals surface area contributed by atoms with Crippen LogP contribution in [0.3, 0.4) is 0 Å². The van der Waals surface area contributed by atoms with Gasteiger partial charge in [-0.2, -0.15) is 5.10 Å². The quantitative estimate of drug-likeness (QED) is 0.474. The molecule has 5 heterocycles. The summed E-state index contributed by atoms with van der Waals surface area (Å²) in [5.41, 5.74) is 11.4. The predicted molar refractivity (Wildman–Crippen MR) is 140 cm³/mol. The fourth-order valence-corrected chi connectivity index (χ4v) is 5.43. The second-order valence-corrected chi connectivity index (χ2v) is 9.92. The summed E-state index contributed by atoms with van der Waals surface area (Å²) in [5, 5.41) is 4.86. The number of hydrogen-bond donors (Lipinski definition) is 1. The molecule has 2 atom stereocenters. The molecule has 0 saturated carbocycles. The molecule has 2 N–H and O–H groups in total. The first-order valence-corrected chi connectivity index (χ1v) is 12.8. The molecule has 0 bridgehead atoms. The average Bonchev–Trinajstić information content (AvgIpc) is 3.54. The zero-order valence-corrected chi connectivity index (χ0v) is 20.5. The van der Waals surface area contributed by atoms with E-state index in [1.54, 1.807) is 6.20 Å². The van der Waals surface area contributed by atoms with E-state index >= 15 is 0 Å². The smallest absolute Gasteiger partial charge is 0.273 e. The molecular formula is C28H31N7O. The number of piperidine rings is 1. The summed E-state index contributed by atoms with van der Waals surface area (Å²) in [7, 11) is 0. The molecular weight excluding hydrogens is 450 g/mol. The molecule has 2 aliphatic heterocycles. The lowest BCUT2D eigenvalue weighted by Crippen LogP contribution is -2.39. The van der Waals surface area contributed by atoms with E-state index in [0.29, 0.717) is 12.2 Å². The minimum Gasteiger partial charge on any atom is -0.355 e. The summed E-state index contributed by atoms with van der Waals surface area (Å²) in [6.07, 6.45) is 7.72. The first kappa shape index (κ1) is 22.7. The van der Waals surface area contributed by atoms with Crippen LogP contribution >= 0.6 is 0 Å². The molecule has 1 aromatic carbocycles. The van der Waals surface area contributed by atoms with E-state index in [2.05, 4.69) is 16.8 Å². The van der Waals surface area contributed by atoms with Crippen molar-refractivity contribution in [2.75, 3.05) is 24.5 Å². The molecule has 2 saturated heterocycles. The number of fused-ring (bicyclic) bond motifs is 1. The highest BCUT2D eigenvalue weighted by atomic mass is 16.2. The topological polar surface area (TPSA) is 92.6 Å². The number of hydrogen-bond acceptors (Lipinski definition) is 6. The van der Waals surface area contributed by atoms with Crippen LogP contribution in [0.25, 0.3) is 16.8 Å². The van der Waals surface area contributed by atoms with E-state index in [4.69, 9.17) is 15.8 Å². The number of anilines is 1. The highest BCUT2D eigenvalue weighted by molar-refractivity contribution is 5.93. The number of pyridine rings is 1. The summed E-state index contributed by atoms with van der Waals surface area (Å²) in [6.45, 7) is 4.51. The molecule has 0 spiro atoms. The minimum absolute atomic E-state index is 0.0488. The number of aryl methyl sites for hydroxylation is 1. The van der Waals surface area contributed by atoms with Gasteiger partial charge in [-0.05, 0) is 44.2 Å². The van der Waals surface area contributed by atoms with Crippen molar-refractivity contribution >= 4 is 17.4 Å². The second kappa shape index (κ2) is 9.35. The Morgan fingerprint density at radius 2 is 1.89 bits per heavy atom. The SMILES string of the molecule is Cc1cn2nc([C@@H]3CCCCN3C(=O)c3ccc(-c4ccccc4)cn3)cc2nc1N1CC[C@H](N)C1. The van der Waals surface area contributed by atoms with Gasteiger partial charge in [-0.3, -0.25) is 9.78 Å². The Morgan fingerprint density at radius 1 is 1.03 bits per heavy atom. The maximum Gasteiger partial charge on any atom is 0.273 e. The average molecular weight is 482 g/mol. The van der Waals surface area contributed by atoms with E-state index in [-0.39, 0.29) is 18.0 Å². The Hall–Kier alpha value is -3.78. The molecule has 2 aliphatic rings. The highest BCUT2D eigenvalue weighted by Crippen LogP contribution is 2.33. The molecule has 0 aliphatic carbocycles. The Balaban J connectivity index is 1.27. The first-order chi connectivity index (χ1) is 17.6. The molecule has 36 heavy (non-hydrogen) atoms. The van der Waals surface area contributed by atoms with Crippen LogP contribution in [-0.4, -0.2) is 56.1 Å². The number of aromatic nitrogens is 4. The molecule has 0 radical (unpaired) electrons. The third-order valence-electron chi connectivity index (χ3n) is 7.34. The lowest BCUT2D eigenvalue weighted by atomic mass is 9.98. The summed E-state index contributed by atoms with van der Waals surface area (Å²) >= 11 is 0. The van der Waals surface area contributed by atoms with Gasteiger partial charge in [0, 0.05) is 55.3 Å². The van der Waals surface area contributed by atoms with Crippen LogP contribution in [0, 0.1) is 6.92 Å². The van der Waals surface area contributed by atoms with Crippen molar-refractivity contribution in [2.45, 2.75) is 44.7 Å². The molecule has 0 unspecified atom stereocenters. The summed E-state index contributed by atoms with van der Waals surface area (Å²) in [4.78, 5) is 27.2. The highest BCUT2D eigenvalue weighted by Gasteiger charge is 2.31. The van der Waals surface area contributed by atoms with Crippen LogP contribution in [0.5, 0.6) is 0 Å². The molecule has 6 rings (SSSR count). The third kappa shape index (κ3) is 4.22. The van der Waals surface area contributed by atoms with Crippen molar-refractivity contribution in [1.29, 1.82) is 0 Å². The summed E-state index contributed by atoms with van der Waals surface area (Å²) in [6, 6.07) is 16.0. The summed E-state index contributed by atoms with van der Waals surface area (Å²) in [5.74, 6) is 0.924. The lowest BCUT2D eigenvalue weighted by molar-refractivity contribution is 0.0599. The van der Waals surface area contributed by atoms with E-state index in [1.807, 2.05) is 64.1 Å². The van der Waals surface area contributed by atoms with Crippen molar-refractivity contribution in [1.82, 2.24) is 24.5 Å². The molecule has 8 heteroatoms. The Bertz CT molecular complexity index is 1380. The first-order valence-electron chi connectivity index (χ1n) is 12.8. The molecule has 1 amide bonds. The van der Waals surface area contributed by atoms with E-state index in [9.17, 15) is 4.79 Å². The number of carbonyl (C=O) groups excluding carboxylic acids is 1. The van der Waals surface area contributed by atoms with E-state index in [1.165, 1.54) is 0 Å². The van der Waals surface area contributed by atoms with Crippen molar-refractivity contribution < 1.29 is 4.79 Å². The fraction of sp³-hybridized carbons (Fsp3) is 0.357. The summed E-state index contributed by atoms with van der Waals surface area (Å²) < 4.78 is 1.84. The monoisotopic (exact) mass is 481 g/mol. The van der Waals surface area contributed by atoms with Crippen molar-refractivity contribution in [3.63, 3.8) is 0 Å². The van der Waals surface area contributed by atoms with Crippen LogP contribution < -0.4 is 10.6 Å². The van der Waals surface area contributed by atoms with Crippen molar-refractivity contribution in [3.8, 4) is 11.1 Å². The van der Waals surface area contributed by atoms with Gasteiger partial charge in [0.05, 0.1) is 11.7 Å². The van der Waals surface area contributed by atoms with Crippen LogP contribution in [0.2, 0.25) is 0 Å². The second-order valence-electron chi connectivity index (χ2n) is 9.92. The maximum atomic E-state index is 13.6. The molecule has 8 nitrogen and oxygen atoms in total. The minimum atomic E-state index is -0.0903. The number of rotatable bonds is 4. The van der Waals surface area contributed by atoms with Gasteiger partial charge in [0.15, 0.2) is 5.65 Å². The number of nitrogens with zero attached hydrogens (tertiary/aromatic N) is 6. The van der Waals surface area contributed by atoms with Crippen molar-refractivity contribution in [3.05, 3.63) is 77.9 Å². The van der Waals surface area contributed by atoms with E-state index < -0.39 is 0 Å². The number of amides is 1. The van der Waals surface area contributed by atoms with Crippen molar-refractivity contribution in [2.24, 2.45) is 5.73 Å². The third-order valence-corrected chi connectivity index (χ3v) is 7.34. The molecule has 4 aromatic rings. The predicted octanol–water partition coefficient (Wildman–Crippen LogP) is 4.00. The van der Waals surface area contributed by atoms with Crippen LogP contribution in [0.1, 0.15) is 53.5 Å². The van der Waals surface area contributed by atoms with Gasteiger partial charge in [0.2, 0.25) is 0 Å². The Labute approximate surface area is 210 Å². The zero-order valence-electron chi connectivity index (χ0n) is 20.5. The van der Waals surface area contributed by atoms with E-state index in [0.717, 1.165) is 72.6 Å². The number of likely N-dealkylation sites (tertiary alicyclic amines) is 1. The number of carbonyl (C=O) groups is 1. The van der Waals surface area contributed by atoms with Gasteiger partial charge in [0.1, 0.15) is 11.5 Å². The van der Waals surface area contributed by atoms with Crippen LogP contribution in [0.15, 0.2) is 60.9 Å². The van der Waals surface area contributed by atoms with Gasteiger partial charge < -0.3 is 15.5 Å². The molecule has 3 aromatic heterocycles. The lowest BCUT2D eigenvalue weighted by Gasteiger charge is -2.34. The van der Waals surface area contributed by atoms with Gasteiger partial charge in [0.25, 0.3) is 5.91 Å². The fourth-order valence-electron chi connectivity index (χ4n) is 5.43. The van der Waals surface area contributed by atoms with Gasteiger partial charge in [-0.25, -0.2) is 9.50 Å². The Morgan fingerprint density at radius 3 is 2.64 bits per heavy atom. The number of benzene rings is 1. The standard InChI is InChI=1S/C28H31N7O/c1-19-17-35-26(31-27(19)33-14-12-22(29)18-33)15-24(32-35)25-9-5-6-13-34(25)28(36)23-11-10-21(16-30-23)20-7-3-2-4-8-20/h2-4,7-8,10-11,15-17,22,25H,5-6,9,12-14,18,29H2,1H3/t22-,25-/m0/s1. The largest absolute Gasteiger partial charge is 0.355 e. The molecule has 2 fully saturated rings. The van der Waals surface area contributed by atoms with Crippen LogP contribution in [-0.2, 0) is 0 Å². The van der Waals surface area contributed by atoms with Gasteiger partial charge in [-0.1, -0.05) is 36.4 Å². The normalized spacial score (nSPS) is 20.3. The maximum absolute atomic E-state index is 13.6. The number of nitrogens with two attached hydrogens (primary N) is 1. The van der Waals surface area contributed by atoms with Gasteiger partial charge >= 0.3 is 0 Å². The van der Waals surface area contributed by atoms with Crippen LogP contribution in [0.4, 0.5) is 5.82 Å². The molecule has 184 valence electrons.